The Balaban J connectivity index is 0.00000261. The van der Waals surface area contributed by atoms with Crippen molar-refractivity contribution in [3.8, 4) is 0 Å². The number of sulfonamides is 1. The summed E-state index contributed by atoms with van der Waals surface area (Å²) in [5, 5.41) is 0. The van der Waals surface area contributed by atoms with Crippen LogP contribution in [0.4, 0.5) is 0 Å². The lowest BCUT2D eigenvalue weighted by Gasteiger charge is -2.29. The highest BCUT2D eigenvalue weighted by atomic mass is 35.5. The third kappa shape index (κ3) is 5.67. The lowest BCUT2D eigenvalue weighted by molar-refractivity contribution is 0.0108. The lowest BCUT2D eigenvalue weighted by atomic mass is 10.1. The molecule has 2 aliphatic rings. The molecule has 27 heavy (non-hydrogen) atoms. The van der Waals surface area contributed by atoms with Crippen molar-refractivity contribution in [2.24, 2.45) is 0 Å². The summed E-state index contributed by atoms with van der Waals surface area (Å²) in [6.45, 7) is 2.83. The number of carbonyl (C=O) groups excluding carboxylic acids is 1. The molecule has 0 spiro atoms. The third-order valence-electron chi connectivity index (χ3n) is 5.13. The zero-order valence-electron chi connectivity index (χ0n) is 15.8. The minimum absolute atomic E-state index is 0. The first kappa shape index (κ1) is 22.1. The van der Waals surface area contributed by atoms with Gasteiger partial charge >= 0.3 is 5.97 Å². The van der Waals surface area contributed by atoms with Crippen LogP contribution < -0.4 is 0 Å². The Labute approximate surface area is 168 Å². The average Bonchev–Trinajstić information content (AvgIpc) is 2.92. The van der Waals surface area contributed by atoms with Crippen LogP contribution in [-0.4, -0.2) is 62.9 Å². The number of likely N-dealkylation sites (N-methyl/N-ethyl adjacent to an activating group) is 1. The SMILES string of the molecule is CN1CCCC(OC(=O)c2cccc(S(=O)(=O)N3CCCCCC3)c2)C1.Cl. The van der Waals surface area contributed by atoms with Crippen LogP contribution in [0.1, 0.15) is 48.9 Å². The van der Waals surface area contributed by atoms with Crippen molar-refractivity contribution in [1.29, 1.82) is 0 Å². The van der Waals surface area contributed by atoms with Crippen LogP contribution in [0.25, 0.3) is 0 Å². The molecule has 2 saturated heterocycles. The van der Waals surface area contributed by atoms with Crippen molar-refractivity contribution < 1.29 is 17.9 Å². The quantitative estimate of drug-likeness (QED) is 0.706. The van der Waals surface area contributed by atoms with E-state index in [4.69, 9.17) is 4.74 Å². The molecule has 0 aromatic heterocycles. The molecule has 8 heteroatoms. The maximum atomic E-state index is 12.9. The largest absolute Gasteiger partial charge is 0.457 e. The van der Waals surface area contributed by atoms with Crippen LogP contribution in [0, 0.1) is 0 Å². The fraction of sp³-hybridized carbons (Fsp3) is 0.632. The van der Waals surface area contributed by atoms with E-state index in [9.17, 15) is 13.2 Å². The standard InChI is InChI=1S/C19H28N2O4S.ClH/c1-20-11-7-9-17(15-20)25-19(22)16-8-6-10-18(14-16)26(23,24)21-12-4-2-3-5-13-21;/h6,8,10,14,17H,2-5,7,9,11-13,15H2,1H3;1H. The first-order chi connectivity index (χ1) is 12.5. The van der Waals surface area contributed by atoms with Crippen molar-refractivity contribution in [3.63, 3.8) is 0 Å². The van der Waals surface area contributed by atoms with Crippen molar-refractivity contribution in [3.05, 3.63) is 29.8 Å². The molecule has 1 aromatic carbocycles. The van der Waals surface area contributed by atoms with Crippen LogP contribution in [0.2, 0.25) is 0 Å². The van der Waals surface area contributed by atoms with Gasteiger partial charge in [-0.2, -0.15) is 4.31 Å². The van der Waals surface area contributed by atoms with E-state index in [1.54, 1.807) is 22.5 Å². The maximum absolute atomic E-state index is 12.9. The summed E-state index contributed by atoms with van der Waals surface area (Å²) in [5.41, 5.74) is 0.300. The zero-order chi connectivity index (χ0) is 18.6. The molecule has 0 aliphatic carbocycles. The summed E-state index contributed by atoms with van der Waals surface area (Å²) < 4.78 is 33.0. The topological polar surface area (TPSA) is 66.9 Å². The molecule has 152 valence electrons. The number of hydrogen-bond acceptors (Lipinski definition) is 5. The van der Waals surface area contributed by atoms with Gasteiger partial charge in [0, 0.05) is 19.6 Å². The Bertz CT molecular complexity index is 733. The summed E-state index contributed by atoms with van der Waals surface area (Å²) >= 11 is 0. The van der Waals surface area contributed by atoms with Crippen molar-refractivity contribution >= 4 is 28.4 Å². The van der Waals surface area contributed by atoms with Crippen molar-refractivity contribution in [2.75, 3.05) is 33.2 Å². The summed E-state index contributed by atoms with van der Waals surface area (Å²) in [6.07, 6.45) is 5.61. The maximum Gasteiger partial charge on any atom is 0.338 e. The zero-order valence-corrected chi connectivity index (χ0v) is 17.4. The van der Waals surface area contributed by atoms with Gasteiger partial charge in [0.2, 0.25) is 10.0 Å². The number of nitrogens with zero attached hydrogens (tertiary/aromatic N) is 2. The van der Waals surface area contributed by atoms with E-state index >= 15 is 0 Å². The minimum atomic E-state index is -3.57. The van der Waals surface area contributed by atoms with E-state index in [0.29, 0.717) is 18.7 Å². The van der Waals surface area contributed by atoms with E-state index in [-0.39, 0.29) is 23.4 Å². The third-order valence-corrected chi connectivity index (χ3v) is 7.02. The van der Waals surface area contributed by atoms with Gasteiger partial charge in [-0.15, -0.1) is 12.4 Å². The number of benzene rings is 1. The monoisotopic (exact) mass is 416 g/mol. The number of piperidine rings is 1. The molecule has 0 amide bonds. The van der Waals surface area contributed by atoms with Gasteiger partial charge in [-0.25, -0.2) is 13.2 Å². The molecule has 1 unspecified atom stereocenters. The second-order valence-corrected chi connectivity index (χ2v) is 9.22. The Morgan fingerprint density at radius 1 is 1.07 bits per heavy atom. The van der Waals surface area contributed by atoms with Crippen LogP contribution in [-0.2, 0) is 14.8 Å². The van der Waals surface area contributed by atoms with E-state index < -0.39 is 16.0 Å². The minimum Gasteiger partial charge on any atom is -0.457 e. The number of carbonyl (C=O) groups is 1. The molecule has 1 aromatic rings. The summed E-state index contributed by atoms with van der Waals surface area (Å²) in [4.78, 5) is 14.8. The molecule has 0 bridgehead atoms. The molecule has 1 atom stereocenters. The van der Waals surface area contributed by atoms with Crippen LogP contribution in [0.5, 0.6) is 0 Å². The first-order valence-electron chi connectivity index (χ1n) is 9.46. The predicted octanol–water partition coefficient (Wildman–Crippen LogP) is 2.92. The number of ether oxygens (including phenoxy) is 1. The fourth-order valence-corrected chi connectivity index (χ4v) is 5.21. The van der Waals surface area contributed by atoms with Gasteiger partial charge in [-0.1, -0.05) is 18.9 Å². The number of halogens is 1. The first-order valence-corrected chi connectivity index (χ1v) is 10.9. The molecule has 2 heterocycles. The Morgan fingerprint density at radius 2 is 1.78 bits per heavy atom. The number of likely N-dealkylation sites (tertiary alicyclic amines) is 1. The molecular formula is C19H29ClN2O4S. The van der Waals surface area contributed by atoms with Crippen LogP contribution in [0.15, 0.2) is 29.2 Å². The van der Waals surface area contributed by atoms with E-state index in [0.717, 1.165) is 51.6 Å². The van der Waals surface area contributed by atoms with Gasteiger partial charge in [0.25, 0.3) is 0 Å². The van der Waals surface area contributed by atoms with Gasteiger partial charge in [0.05, 0.1) is 10.5 Å². The summed E-state index contributed by atoms with van der Waals surface area (Å²) in [7, 11) is -1.56. The van der Waals surface area contributed by atoms with Gasteiger partial charge in [0.15, 0.2) is 0 Å². The highest BCUT2D eigenvalue weighted by Gasteiger charge is 2.27. The highest BCUT2D eigenvalue weighted by molar-refractivity contribution is 7.89. The Kier molecular flexibility index (Phi) is 8.09. The molecule has 0 radical (unpaired) electrons. The highest BCUT2D eigenvalue weighted by Crippen LogP contribution is 2.22. The number of esters is 1. The molecular weight excluding hydrogens is 388 g/mol. The molecule has 0 N–H and O–H groups in total. The van der Waals surface area contributed by atoms with Crippen LogP contribution in [0.3, 0.4) is 0 Å². The van der Waals surface area contributed by atoms with E-state index in [2.05, 4.69) is 4.90 Å². The normalized spacial score (nSPS) is 22.5. The molecule has 6 nitrogen and oxygen atoms in total. The van der Waals surface area contributed by atoms with Gasteiger partial charge < -0.3 is 9.64 Å². The molecule has 0 saturated carbocycles. The van der Waals surface area contributed by atoms with Crippen molar-refractivity contribution in [2.45, 2.75) is 49.5 Å². The Morgan fingerprint density at radius 3 is 2.44 bits per heavy atom. The number of rotatable bonds is 4. The fourth-order valence-electron chi connectivity index (χ4n) is 3.65. The van der Waals surface area contributed by atoms with Gasteiger partial charge in [-0.05, 0) is 57.5 Å². The van der Waals surface area contributed by atoms with E-state index in [1.165, 1.54) is 6.07 Å². The Hall–Kier alpha value is -1.15. The lowest BCUT2D eigenvalue weighted by Crippen LogP contribution is -2.38. The van der Waals surface area contributed by atoms with Crippen molar-refractivity contribution in [1.82, 2.24) is 9.21 Å². The smallest absolute Gasteiger partial charge is 0.338 e. The van der Waals surface area contributed by atoms with Gasteiger partial charge in [-0.3, -0.25) is 0 Å². The molecule has 3 rings (SSSR count). The number of hydrogen-bond donors (Lipinski definition) is 0. The van der Waals surface area contributed by atoms with Gasteiger partial charge in [0.1, 0.15) is 6.10 Å². The molecule has 2 aliphatic heterocycles. The van der Waals surface area contributed by atoms with E-state index in [1.807, 2.05) is 7.05 Å². The summed E-state index contributed by atoms with van der Waals surface area (Å²) in [6, 6.07) is 6.26. The predicted molar refractivity (Wildman–Crippen MR) is 107 cm³/mol. The second kappa shape index (κ2) is 9.87. The van der Waals surface area contributed by atoms with Crippen LogP contribution >= 0.6 is 12.4 Å². The average molecular weight is 417 g/mol. The summed E-state index contributed by atoms with van der Waals surface area (Å²) in [5.74, 6) is -0.446. The molecule has 2 fully saturated rings. The second-order valence-electron chi connectivity index (χ2n) is 7.28.